The zero-order valence-electron chi connectivity index (χ0n) is 13.6. The summed E-state index contributed by atoms with van der Waals surface area (Å²) in [6.07, 6.45) is 0. The van der Waals surface area contributed by atoms with Gasteiger partial charge in [0.05, 0.1) is 18.6 Å². The summed E-state index contributed by atoms with van der Waals surface area (Å²) in [5.41, 5.74) is 7.49. The largest absolute Gasteiger partial charge is 0.379 e. The maximum absolute atomic E-state index is 12.0. The van der Waals surface area contributed by atoms with Gasteiger partial charge in [0.1, 0.15) is 0 Å². The van der Waals surface area contributed by atoms with Crippen molar-refractivity contribution in [2.45, 2.75) is 26.9 Å². The first-order valence-corrected chi connectivity index (χ1v) is 7.87. The molecule has 5 nitrogen and oxygen atoms in total. The first kappa shape index (κ1) is 16.9. The van der Waals surface area contributed by atoms with Crippen LogP contribution in [0.3, 0.4) is 0 Å². The van der Waals surface area contributed by atoms with Gasteiger partial charge in [-0.3, -0.25) is 9.69 Å². The fourth-order valence-corrected chi connectivity index (χ4v) is 2.29. The molecule has 0 saturated carbocycles. The normalized spacial score (nSPS) is 16.5. The molecule has 1 saturated heterocycles. The molecule has 1 heterocycles. The molecule has 3 N–H and O–H groups in total. The predicted molar refractivity (Wildman–Crippen MR) is 87.2 cm³/mol. The van der Waals surface area contributed by atoms with Crippen LogP contribution in [-0.4, -0.2) is 43.7 Å². The highest BCUT2D eigenvalue weighted by Gasteiger charge is 2.25. The second-order valence-corrected chi connectivity index (χ2v) is 6.48. The molecule has 5 heteroatoms. The maximum Gasteiger partial charge on any atom is 0.227 e. The van der Waals surface area contributed by atoms with E-state index in [1.165, 1.54) is 5.56 Å². The molecule has 122 valence electrons. The lowest BCUT2D eigenvalue weighted by molar-refractivity contribution is -0.129. The molecule has 0 atom stereocenters. The number of hydrogen-bond acceptors (Lipinski definition) is 4. The molecular weight excluding hydrogens is 278 g/mol. The number of hydrogen-bond donors (Lipinski definition) is 2. The van der Waals surface area contributed by atoms with Crippen LogP contribution in [0.15, 0.2) is 24.3 Å². The van der Waals surface area contributed by atoms with Crippen molar-refractivity contribution in [1.29, 1.82) is 0 Å². The van der Waals surface area contributed by atoms with Gasteiger partial charge in [-0.05, 0) is 25.0 Å². The van der Waals surface area contributed by atoms with Crippen molar-refractivity contribution in [3.8, 4) is 0 Å². The SMILES string of the molecule is CC(C)(CN)C(=O)NCc1ccc(CN2CCOCC2)cc1. The number of amides is 1. The number of carbonyl (C=O) groups is 1. The minimum absolute atomic E-state index is 0.00704. The Kier molecular flexibility index (Phi) is 5.94. The Hall–Kier alpha value is -1.43. The zero-order valence-corrected chi connectivity index (χ0v) is 13.6. The quantitative estimate of drug-likeness (QED) is 0.826. The van der Waals surface area contributed by atoms with Crippen LogP contribution >= 0.6 is 0 Å². The van der Waals surface area contributed by atoms with Gasteiger partial charge < -0.3 is 15.8 Å². The fraction of sp³-hybridized carbons (Fsp3) is 0.588. The van der Waals surface area contributed by atoms with E-state index in [1.807, 2.05) is 13.8 Å². The van der Waals surface area contributed by atoms with E-state index in [-0.39, 0.29) is 5.91 Å². The Bertz CT molecular complexity index is 479. The second kappa shape index (κ2) is 7.72. The molecule has 0 unspecified atom stereocenters. The number of ether oxygens (including phenoxy) is 1. The maximum atomic E-state index is 12.0. The summed E-state index contributed by atoms with van der Waals surface area (Å²) in [6, 6.07) is 8.41. The van der Waals surface area contributed by atoms with Gasteiger partial charge in [-0.1, -0.05) is 24.3 Å². The third-order valence-electron chi connectivity index (χ3n) is 4.11. The second-order valence-electron chi connectivity index (χ2n) is 6.48. The highest BCUT2D eigenvalue weighted by Crippen LogP contribution is 2.13. The van der Waals surface area contributed by atoms with Crippen molar-refractivity contribution >= 4 is 5.91 Å². The molecule has 0 aromatic heterocycles. The van der Waals surface area contributed by atoms with Gasteiger partial charge in [-0.2, -0.15) is 0 Å². The number of nitrogens with one attached hydrogen (secondary N) is 1. The van der Waals surface area contributed by atoms with Crippen LogP contribution in [0.25, 0.3) is 0 Å². The molecule has 2 rings (SSSR count). The van der Waals surface area contributed by atoms with Crippen LogP contribution in [0.2, 0.25) is 0 Å². The van der Waals surface area contributed by atoms with E-state index in [2.05, 4.69) is 34.5 Å². The predicted octanol–water partition coefficient (Wildman–Crippen LogP) is 1.12. The Morgan fingerprint density at radius 1 is 1.23 bits per heavy atom. The van der Waals surface area contributed by atoms with Crippen LogP contribution in [0.1, 0.15) is 25.0 Å². The molecule has 0 radical (unpaired) electrons. The summed E-state index contributed by atoms with van der Waals surface area (Å²) in [5, 5.41) is 2.95. The Balaban J connectivity index is 1.82. The van der Waals surface area contributed by atoms with Crippen LogP contribution in [0, 0.1) is 5.41 Å². The van der Waals surface area contributed by atoms with E-state index in [4.69, 9.17) is 10.5 Å². The first-order valence-electron chi connectivity index (χ1n) is 7.87. The number of morpholine rings is 1. The number of rotatable bonds is 6. The van der Waals surface area contributed by atoms with Crippen molar-refractivity contribution in [1.82, 2.24) is 10.2 Å². The molecule has 1 aliphatic heterocycles. The van der Waals surface area contributed by atoms with E-state index in [0.29, 0.717) is 13.1 Å². The first-order chi connectivity index (χ1) is 10.5. The summed E-state index contributed by atoms with van der Waals surface area (Å²) >= 11 is 0. The third kappa shape index (κ3) is 4.80. The average Bonchev–Trinajstić information content (AvgIpc) is 2.55. The van der Waals surface area contributed by atoms with E-state index >= 15 is 0 Å². The van der Waals surface area contributed by atoms with Gasteiger partial charge in [-0.15, -0.1) is 0 Å². The minimum atomic E-state index is -0.518. The molecule has 1 amide bonds. The number of benzene rings is 1. The smallest absolute Gasteiger partial charge is 0.227 e. The molecule has 1 aromatic rings. The molecule has 22 heavy (non-hydrogen) atoms. The van der Waals surface area contributed by atoms with Crippen molar-refractivity contribution < 1.29 is 9.53 Å². The molecule has 1 aliphatic rings. The lowest BCUT2D eigenvalue weighted by atomic mass is 9.92. The molecule has 0 bridgehead atoms. The Labute approximate surface area is 132 Å². The van der Waals surface area contributed by atoms with Crippen LogP contribution in [0.4, 0.5) is 0 Å². The highest BCUT2D eigenvalue weighted by atomic mass is 16.5. The van der Waals surface area contributed by atoms with Crippen molar-refractivity contribution in [2.24, 2.45) is 11.1 Å². The minimum Gasteiger partial charge on any atom is -0.379 e. The summed E-state index contributed by atoms with van der Waals surface area (Å²) in [5.74, 6) is -0.00704. The fourth-order valence-electron chi connectivity index (χ4n) is 2.29. The molecule has 1 fully saturated rings. The molecule has 1 aromatic carbocycles. The average molecular weight is 305 g/mol. The van der Waals surface area contributed by atoms with Crippen molar-refractivity contribution in [3.05, 3.63) is 35.4 Å². The van der Waals surface area contributed by atoms with Gasteiger partial charge in [-0.25, -0.2) is 0 Å². The Morgan fingerprint density at radius 2 is 1.82 bits per heavy atom. The molecule has 0 spiro atoms. The lowest BCUT2D eigenvalue weighted by Gasteiger charge is -2.26. The molecular formula is C17H27N3O2. The van der Waals surface area contributed by atoms with Gasteiger partial charge in [0.25, 0.3) is 0 Å². The number of carbonyl (C=O) groups excluding carboxylic acids is 1. The van der Waals surface area contributed by atoms with Crippen LogP contribution in [-0.2, 0) is 22.6 Å². The van der Waals surface area contributed by atoms with E-state index in [1.54, 1.807) is 0 Å². The lowest BCUT2D eigenvalue weighted by Crippen LogP contribution is -2.41. The summed E-state index contributed by atoms with van der Waals surface area (Å²) in [7, 11) is 0. The van der Waals surface area contributed by atoms with Crippen LogP contribution in [0.5, 0.6) is 0 Å². The molecule has 0 aliphatic carbocycles. The van der Waals surface area contributed by atoms with Crippen LogP contribution < -0.4 is 11.1 Å². The summed E-state index contributed by atoms with van der Waals surface area (Å²) < 4.78 is 5.36. The zero-order chi connectivity index (χ0) is 16.0. The van der Waals surface area contributed by atoms with Gasteiger partial charge in [0, 0.05) is 32.7 Å². The Morgan fingerprint density at radius 3 is 2.41 bits per heavy atom. The summed E-state index contributed by atoms with van der Waals surface area (Å²) in [4.78, 5) is 14.4. The standard InChI is InChI=1S/C17H27N3O2/c1-17(2,13-18)16(21)19-11-14-3-5-15(6-4-14)12-20-7-9-22-10-8-20/h3-6H,7-13,18H2,1-2H3,(H,19,21). The third-order valence-corrected chi connectivity index (χ3v) is 4.11. The number of nitrogens with two attached hydrogens (primary N) is 1. The van der Waals surface area contributed by atoms with Gasteiger partial charge in [0.2, 0.25) is 5.91 Å². The van der Waals surface area contributed by atoms with Gasteiger partial charge in [0.15, 0.2) is 0 Å². The monoisotopic (exact) mass is 305 g/mol. The van der Waals surface area contributed by atoms with Crippen molar-refractivity contribution in [3.63, 3.8) is 0 Å². The summed E-state index contributed by atoms with van der Waals surface area (Å²) in [6.45, 7) is 9.18. The topological polar surface area (TPSA) is 67.6 Å². The van der Waals surface area contributed by atoms with E-state index in [0.717, 1.165) is 38.4 Å². The highest BCUT2D eigenvalue weighted by molar-refractivity contribution is 5.81. The van der Waals surface area contributed by atoms with Gasteiger partial charge >= 0.3 is 0 Å². The van der Waals surface area contributed by atoms with E-state index in [9.17, 15) is 4.79 Å². The number of nitrogens with zero attached hydrogens (tertiary/aromatic N) is 1. The van der Waals surface area contributed by atoms with Crippen molar-refractivity contribution in [2.75, 3.05) is 32.8 Å². The van der Waals surface area contributed by atoms with E-state index < -0.39 is 5.41 Å².